The lowest BCUT2D eigenvalue weighted by atomic mass is 10.1. The van der Waals surface area contributed by atoms with Gasteiger partial charge in [-0.2, -0.15) is 0 Å². The number of morpholine rings is 1. The highest BCUT2D eigenvalue weighted by Gasteiger charge is 2.28. The maximum absolute atomic E-state index is 12.5. The zero-order valence-corrected chi connectivity index (χ0v) is 12.2. The molecule has 7 heteroatoms. The molecule has 0 N–H and O–H groups in total. The fourth-order valence-corrected chi connectivity index (χ4v) is 2.59. The second-order valence-electron chi connectivity index (χ2n) is 4.57. The number of amides is 1. The highest BCUT2D eigenvalue weighted by molar-refractivity contribution is 7.98. The molecule has 1 aliphatic heterocycles. The Kier molecular flexibility index (Phi) is 4.61. The molecule has 1 aromatic rings. The van der Waals surface area contributed by atoms with Crippen LogP contribution in [0.2, 0.25) is 0 Å². The van der Waals surface area contributed by atoms with Crippen LogP contribution in [0.4, 0.5) is 5.69 Å². The Hall–Kier alpha value is -1.60. The molecule has 2 rings (SSSR count). The summed E-state index contributed by atoms with van der Waals surface area (Å²) < 4.78 is 5.38. The molecule has 0 radical (unpaired) electrons. The molecule has 108 valence electrons. The van der Waals surface area contributed by atoms with Crippen molar-refractivity contribution in [3.05, 3.63) is 33.9 Å². The van der Waals surface area contributed by atoms with Gasteiger partial charge in [0.1, 0.15) is 5.56 Å². The van der Waals surface area contributed by atoms with E-state index in [-0.39, 0.29) is 23.3 Å². The molecule has 1 saturated heterocycles. The Bertz CT molecular complexity index is 535. The van der Waals surface area contributed by atoms with Crippen molar-refractivity contribution < 1.29 is 14.5 Å². The Balaban J connectivity index is 2.34. The minimum Gasteiger partial charge on any atom is -0.375 e. The first kappa shape index (κ1) is 14.8. The van der Waals surface area contributed by atoms with Crippen molar-refractivity contribution in [1.29, 1.82) is 0 Å². The summed E-state index contributed by atoms with van der Waals surface area (Å²) in [7, 11) is 0. The van der Waals surface area contributed by atoms with E-state index in [4.69, 9.17) is 4.74 Å². The van der Waals surface area contributed by atoms with E-state index in [0.29, 0.717) is 19.7 Å². The highest BCUT2D eigenvalue weighted by atomic mass is 32.2. The van der Waals surface area contributed by atoms with Gasteiger partial charge in [0.2, 0.25) is 0 Å². The number of hydrogen-bond acceptors (Lipinski definition) is 5. The summed E-state index contributed by atoms with van der Waals surface area (Å²) in [5.41, 5.74) is 0.00268. The molecule has 0 bridgehead atoms. The Morgan fingerprint density at radius 3 is 2.90 bits per heavy atom. The van der Waals surface area contributed by atoms with Gasteiger partial charge in [-0.15, -0.1) is 11.8 Å². The van der Waals surface area contributed by atoms with E-state index in [9.17, 15) is 14.9 Å². The third-order valence-corrected chi connectivity index (χ3v) is 3.88. The molecule has 1 atom stereocenters. The van der Waals surface area contributed by atoms with Crippen LogP contribution < -0.4 is 0 Å². The quantitative estimate of drug-likeness (QED) is 0.485. The first-order valence-corrected chi connectivity index (χ1v) is 7.48. The van der Waals surface area contributed by atoms with Crippen LogP contribution in [-0.2, 0) is 4.74 Å². The summed E-state index contributed by atoms with van der Waals surface area (Å²) in [6, 6.07) is 4.63. The molecule has 1 amide bonds. The van der Waals surface area contributed by atoms with Gasteiger partial charge in [-0.1, -0.05) is 0 Å². The van der Waals surface area contributed by atoms with Crippen LogP contribution in [0.1, 0.15) is 17.3 Å². The molecular formula is C13H16N2O4S. The van der Waals surface area contributed by atoms with Gasteiger partial charge >= 0.3 is 0 Å². The lowest BCUT2D eigenvalue weighted by Crippen LogP contribution is -2.44. The number of rotatable bonds is 3. The summed E-state index contributed by atoms with van der Waals surface area (Å²) in [4.78, 5) is 25.5. The van der Waals surface area contributed by atoms with Crippen molar-refractivity contribution in [2.45, 2.75) is 17.9 Å². The molecule has 1 aromatic carbocycles. The Morgan fingerprint density at radius 2 is 2.30 bits per heavy atom. The van der Waals surface area contributed by atoms with E-state index in [0.717, 1.165) is 4.90 Å². The van der Waals surface area contributed by atoms with Gasteiger partial charge in [0.25, 0.3) is 11.6 Å². The van der Waals surface area contributed by atoms with E-state index in [1.165, 1.54) is 17.8 Å². The normalized spacial score (nSPS) is 18.9. The van der Waals surface area contributed by atoms with Gasteiger partial charge < -0.3 is 9.64 Å². The second kappa shape index (κ2) is 6.23. The van der Waals surface area contributed by atoms with Gasteiger partial charge in [0.05, 0.1) is 17.6 Å². The van der Waals surface area contributed by atoms with Gasteiger partial charge in [0, 0.05) is 24.1 Å². The summed E-state index contributed by atoms with van der Waals surface area (Å²) in [6.07, 6.45) is 1.82. The number of carbonyl (C=O) groups excluding carboxylic acids is 1. The minimum absolute atomic E-state index is 0.0458. The highest BCUT2D eigenvalue weighted by Crippen LogP contribution is 2.26. The third kappa shape index (κ3) is 3.10. The number of thioether (sulfide) groups is 1. The number of nitrogens with zero attached hydrogens (tertiary/aromatic N) is 2. The van der Waals surface area contributed by atoms with Crippen LogP contribution in [0, 0.1) is 10.1 Å². The average Bonchev–Trinajstić information content (AvgIpc) is 2.45. The first-order chi connectivity index (χ1) is 9.52. The van der Waals surface area contributed by atoms with Crippen LogP contribution in [0.5, 0.6) is 0 Å². The zero-order valence-electron chi connectivity index (χ0n) is 11.4. The molecule has 6 nitrogen and oxygen atoms in total. The predicted molar refractivity (Wildman–Crippen MR) is 76.2 cm³/mol. The zero-order chi connectivity index (χ0) is 14.7. The van der Waals surface area contributed by atoms with Gasteiger partial charge in [-0.05, 0) is 25.3 Å². The maximum Gasteiger partial charge on any atom is 0.282 e. The number of nitro groups is 1. The molecular weight excluding hydrogens is 280 g/mol. The van der Waals surface area contributed by atoms with Crippen molar-refractivity contribution >= 4 is 23.4 Å². The Labute approximate surface area is 121 Å². The van der Waals surface area contributed by atoms with Gasteiger partial charge in [-0.25, -0.2) is 0 Å². The molecule has 0 aliphatic carbocycles. The first-order valence-electron chi connectivity index (χ1n) is 6.26. The van der Waals surface area contributed by atoms with Crippen molar-refractivity contribution in [2.75, 3.05) is 26.0 Å². The standard InChI is InChI=1S/C13H16N2O4S/c1-9-8-14(5-6-19-9)13(16)11-7-10(20-2)3-4-12(11)15(17)18/h3-4,7,9H,5-6,8H2,1-2H3. The maximum atomic E-state index is 12.5. The number of ether oxygens (including phenoxy) is 1. The number of benzene rings is 1. The average molecular weight is 296 g/mol. The molecule has 1 unspecified atom stereocenters. The summed E-state index contributed by atoms with van der Waals surface area (Å²) in [6.45, 7) is 3.26. The summed E-state index contributed by atoms with van der Waals surface area (Å²) in [5, 5.41) is 11.1. The minimum atomic E-state index is -0.513. The number of nitro benzene ring substituents is 1. The monoisotopic (exact) mass is 296 g/mol. The van der Waals surface area contributed by atoms with Gasteiger partial charge in [-0.3, -0.25) is 14.9 Å². The fourth-order valence-electron chi connectivity index (χ4n) is 2.15. The van der Waals surface area contributed by atoms with Crippen LogP contribution >= 0.6 is 11.8 Å². The number of carbonyl (C=O) groups is 1. The molecule has 1 heterocycles. The SMILES string of the molecule is CSc1ccc([N+](=O)[O-])c(C(=O)N2CCOC(C)C2)c1. The fraction of sp³-hybridized carbons (Fsp3) is 0.462. The molecule has 20 heavy (non-hydrogen) atoms. The predicted octanol–water partition coefficient (Wildman–Crippen LogP) is 2.18. The van der Waals surface area contributed by atoms with Crippen molar-refractivity contribution in [2.24, 2.45) is 0 Å². The largest absolute Gasteiger partial charge is 0.375 e. The third-order valence-electron chi connectivity index (χ3n) is 3.16. The van der Waals surface area contributed by atoms with E-state index in [1.54, 1.807) is 17.0 Å². The van der Waals surface area contributed by atoms with Crippen molar-refractivity contribution in [1.82, 2.24) is 4.90 Å². The lowest BCUT2D eigenvalue weighted by Gasteiger charge is -2.31. The molecule has 1 aliphatic rings. The van der Waals surface area contributed by atoms with Crippen LogP contribution in [0.3, 0.4) is 0 Å². The smallest absolute Gasteiger partial charge is 0.282 e. The van der Waals surface area contributed by atoms with E-state index < -0.39 is 4.92 Å². The number of hydrogen-bond donors (Lipinski definition) is 0. The topological polar surface area (TPSA) is 72.7 Å². The lowest BCUT2D eigenvalue weighted by molar-refractivity contribution is -0.385. The van der Waals surface area contributed by atoms with Gasteiger partial charge in [0.15, 0.2) is 0 Å². The Morgan fingerprint density at radius 1 is 1.55 bits per heavy atom. The van der Waals surface area contributed by atoms with Crippen LogP contribution in [-0.4, -0.2) is 47.8 Å². The molecule has 0 aromatic heterocycles. The van der Waals surface area contributed by atoms with E-state index in [2.05, 4.69) is 0 Å². The summed E-state index contributed by atoms with van der Waals surface area (Å²) in [5.74, 6) is -0.303. The molecule has 1 fully saturated rings. The molecule has 0 saturated carbocycles. The second-order valence-corrected chi connectivity index (χ2v) is 5.45. The van der Waals surface area contributed by atoms with E-state index >= 15 is 0 Å². The van der Waals surface area contributed by atoms with Crippen LogP contribution in [0.25, 0.3) is 0 Å². The van der Waals surface area contributed by atoms with Crippen molar-refractivity contribution in [3.63, 3.8) is 0 Å². The summed E-state index contributed by atoms with van der Waals surface area (Å²) >= 11 is 1.45. The van der Waals surface area contributed by atoms with Crippen LogP contribution in [0.15, 0.2) is 23.1 Å². The van der Waals surface area contributed by atoms with Crippen molar-refractivity contribution in [3.8, 4) is 0 Å². The molecule has 0 spiro atoms. The van der Waals surface area contributed by atoms with E-state index in [1.807, 2.05) is 13.2 Å².